The van der Waals surface area contributed by atoms with Crippen LogP contribution < -0.4 is 5.32 Å². The highest BCUT2D eigenvalue weighted by Crippen LogP contribution is 2.22. The Bertz CT molecular complexity index is 363. The SMILES string of the molecule is CCN1CCCC(C(C)NC(C)c2ccccc2)C1. The van der Waals surface area contributed by atoms with E-state index in [-0.39, 0.29) is 0 Å². The maximum absolute atomic E-state index is 3.78. The molecule has 1 aromatic rings. The van der Waals surface area contributed by atoms with E-state index in [0.29, 0.717) is 12.1 Å². The van der Waals surface area contributed by atoms with E-state index in [1.165, 1.54) is 38.0 Å². The first kappa shape index (κ1) is 14.5. The molecule has 3 atom stereocenters. The van der Waals surface area contributed by atoms with Crippen LogP contribution in [0.15, 0.2) is 30.3 Å². The first-order valence-corrected chi connectivity index (χ1v) is 7.74. The molecule has 0 aliphatic carbocycles. The van der Waals surface area contributed by atoms with E-state index in [1.54, 1.807) is 0 Å². The zero-order valence-electron chi connectivity index (χ0n) is 12.6. The van der Waals surface area contributed by atoms with Gasteiger partial charge in [-0.15, -0.1) is 0 Å². The van der Waals surface area contributed by atoms with E-state index >= 15 is 0 Å². The lowest BCUT2D eigenvalue weighted by molar-refractivity contribution is 0.153. The van der Waals surface area contributed by atoms with Crippen LogP contribution in [0, 0.1) is 5.92 Å². The van der Waals surface area contributed by atoms with Crippen molar-refractivity contribution < 1.29 is 0 Å². The number of piperidine rings is 1. The smallest absolute Gasteiger partial charge is 0.0294 e. The standard InChI is InChI=1S/C17H28N2/c1-4-19-12-8-11-17(13-19)15(3)18-14(2)16-9-6-5-7-10-16/h5-7,9-10,14-15,17-18H,4,8,11-13H2,1-3H3. The van der Waals surface area contributed by atoms with Gasteiger partial charge in [0.15, 0.2) is 0 Å². The summed E-state index contributed by atoms with van der Waals surface area (Å²) in [5, 5.41) is 3.78. The van der Waals surface area contributed by atoms with Gasteiger partial charge in [-0.3, -0.25) is 0 Å². The van der Waals surface area contributed by atoms with Crippen molar-refractivity contribution in [3.63, 3.8) is 0 Å². The summed E-state index contributed by atoms with van der Waals surface area (Å²) in [5.41, 5.74) is 1.39. The van der Waals surface area contributed by atoms with E-state index in [4.69, 9.17) is 0 Å². The minimum Gasteiger partial charge on any atom is -0.307 e. The number of benzene rings is 1. The highest BCUT2D eigenvalue weighted by Gasteiger charge is 2.24. The van der Waals surface area contributed by atoms with E-state index < -0.39 is 0 Å². The van der Waals surface area contributed by atoms with Gasteiger partial charge in [0.25, 0.3) is 0 Å². The van der Waals surface area contributed by atoms with Gasteiger partial charge in [0.05, 0.1) is 0 Å². The fourth-order valence-corrected chi connectivity index (χ4v) is 3.15. The minimum absolute atomic E-state index is 0.438. The number of nitrogens with zero attached hydrogens (tertiary/aromatic N) is 1. The molecule has 2 rings (SSSR count). The van der Waals surface area contributed by atoms with Gasteiger partial charge >= 0.3 is 0 Å². The van der Waals surface area contributed by atoms with E-state index in [9.17, 15) is 0 Å². The van der Waals surface area contributed by atoms with E-state index in [2.05, 4.69) is 61.3 Å². The fraction of sp³-hybridized carbons (Fsp3) is 0.647. The van der Waals surface area contributed by atoms with Crippen molar-refractivity contribution in [3.05, 3.63) is 35.9 Å². The van der Waals surface area contributed by atoms with Gasteiger partial charge in [-0.2, -0.15) is 0 Å². The zero-order chi connectivity index (χ0) is 13.7. The predicted octanol–water partition coefficient (Wildman–Crippen LogP) is 3.46. The summed E-state index contributed by atoms with van der Waals surface area (Å²) in [4.78, 5) is 2.58. The summed E-state index contributed by atoms with van der Waals surface area (Å²) in [6, 6.07) is 11.8. The Labute approximate surface area is 118 Å². The molecule has 0 aromatic heterocycles. The number of rotatable bonds is 5. The van der Waals surface area contributed by atoms with Crippen LogP contribution in [0.2, 0.25) is 0 Å². The largest absolute Gasteiger partial charge is 0.307 e. The van der Waals surface area contributed by atoms with Crippen molar-refractivity contribution in [1.29, 1.82) is 0 Å². The van der Waals surface area contributed by atoms with Gasteiger partial charge in [0.1, 0.15) is 0 Å². The Hall–Kier alpha value is -0.860. The first-order valence-electron chi connectivity index (χ1n) is 7.74. The number of hydrogen-bond acceptors (Lipinski definition) is 2. The average Bonchev–Trinajstić information content (AvgIpc) is 2.48. The summed E-state index contributed by atoms with van der Waals surface area (Å²) >= 11 is 0. The number of likely N-dealkylation sites (tertiary alicyclic amines) is 1. The number of hydrogen-bond donors (Lipinski definition) is 1. The maximum atomic E-state index is 3.78. The normalized spacial score (nSPS) is 24.1. The first-order chi connectivity index (χ1) is 9.20. The zero-order valence-corrected chi connectivity index (χ0v) is 12.6. The quantitative estimate of drug-likeness (QED) is 0.872. The minimum atomic E-state index is 0.438. The van der Waals surface area contributed by atoms with Crippen molar-refractivity contribution in [2.75, 3.05) is 19.6 Å². The average molecular weight is 260 g/mol. The molecule has 1 saturated heterocycles. The molecule has 1 N–H and O–H groups in total. The van der Waals surface area contributed by atoms with Crippen molar-refractivity contribution in [2.24, 2.45) is 5.92 Å². The summed E-state index contributed by atoms with van der Waals surface area (Å²) in [6.45, 7) is 10.6. The highest BCUT2D eigenvalue weighted by molar-refractivity contribution is 5.18. The summed E-state index contributed by atoms with van der Waals surface area (Å²) in [6.07, 6.45) is 2.72. The molecule has 1 fully saturated rings. The molecule has 19 heavy (non-hydrogen) atoms. The Balaban J connectivity index is 1.88. The summed E-state index contributed by atoms with van der Waals surface area (Å²) in [7, 11) is 0. The van der Waals surface area contributed by atoms with Crippen LogP contribution in [-0.4, -0.2) is 30.6 Å². The van der Waals surface area contributed by atoms with Crippen molar-refractivity contribution >= 4 is 0 Å². The second kappa shape index (κ2) is 7.06. The monoisotopic (exact) mass is 260 g/mol. The van der Waals surface area contributed by atoms with Crippen LogP contribution in [0.1, 0.15) is 45.2 Å². The fourth-order valence-electron chi connectivity index (χ4n) is 3.15. The van der Waals surface area contributed by atoms with Crippen molar-refractivity contribution in [3.8, 4) is 0 Å². The van der Waals surface area contributed by atoms with Gasteiger partial charge in [-0.1, -0.05) is 37.3 Å². The van der Waals surface area contributed by atoms with Gasteiger partial charge in [-0.25, -0.2) is 0 Å². The molecule has 0 saturated carbocycles. The summed E-state index contributed by atoms with van der Waals surface area (Å²) < 4.78 is 0. The Kier molecular flexibility index (Phi) is 5.41. The highest BCUT2D eigenvalue weighted by atomic mass is 15.1. The molecule has 0 spiro atoms. The Morgan fingerprint density at radius 3 is 2.68 bits per heavy atom. The van der Waals surface area contributed by atoms with Crippen LogP contribution >= 0.6 is 0 Å². The molecule has 0 radical (unpaired) electrons. The topological polar surface area (TPSA) is 15.3 Å². The molecule has 1 heterocycles. The molecule has 0 amide bonds. The van der Waals surface area contributed by atoms with Gasteiger partial charge in [0, 0.05) is 18.6 Å². The molecule has 1 aliphatic heterocycles. The molecular formula is C17H28N2. The van der Waals surface area contributed by atoms with Gasteiger partial charge in [0.2, 0.25) is 0 Å². The Morgan fingerprint density at radius 1 is 1.26 bits per heavy atom. The lowest BCUT2D eigenvalue weighted by atomic mass is 9.90. The second-order valence-electron chi connectivity index (χ2n) is 5.88. The molecule has 2 heteroatoms. The van der Waals surface area contributed by atoms with Crippen molar-refractivity contribution in [2.45, 2.75) is 45.7 Å². The van der Waals surface area contributed by atoms with Crippen LogP contribution in [0.25, 0.3) is 0 Å². The Morgan fingerprint density at radius 2 is 2.00 bits per heavy atom. The van der Waals surface area contributed by atoms with Gasteiger partial charge < -0.3 is 10.2 Å². The third kappa shape index (κ3) is 4.05. The van der Waals surface area contributed by atoms with Crippen LogP contribution in [0.3, 0.4) is 0 Å². The lowest BCUT2D eigenvalue weighted by Gasteiger charge is -2.36. The third-order valence-corrected chi connectivity index (χ3v) is 4.51. The maximum Gasteiger partial charge on any atom is 0.0294 e. The molecule has 3 unspecified atom stereocenters. The van der Waals surface area contributed by atoms with Gasteiger partial charge in [-0.05, 0) is 51.3 Å². The third-order valence-electron chi connectivity index (χ3n) is 4.51. The van der Waals surface area contributed by atoms with Crippen LogP contribution in [0.4, 0.5) is 0 Å². The van der Waals surface area contributed by atoms with Crippen LogP contribution in [-0.2, 0) is 0 Å². The predicted molar refractivity (Wildman–Crippen MR) is 82.3 cm³/mol. The molecule has 1 aromatic carbocycles. The number of nitrogens with one attached hydrogen (secondary N) is 1. The lowest BCUT2D eigenvalue weighted by Crippen LogP contribution is -2.44. The molecular weight excluding hydrogens is 232 g/mol. The summed E-state index contributed by atoms with van der Waals surface area (Å²) in [5.74, 6) is 0.792. The molecule has 106 valence electrons. The van der Waals surface area contributed by atoms with E-state index in [1.807, 2.05) is 0 Å². The molecule has 0 bridgehead atoms. The van der Waals surface area contributed by atoms with Crippen LogP contribution in [0.5, 0.6) is 0 Å². The molecule has 2 nitrogen and oxygen atoms in total. The second-order valence-corrected chi connectivity index (χ2v) is 5.88. The molecule has 1 aliphatic rings. The van der Waals surface area contributed by atoms with E-state index in [0.717, 1.165) is 5.92 Å². The van der Waals surface area contributed by atoms with Crippen molar-refractivity contribution in [1.82, 2.24) is 10.2 Å².